The SMILES string of the molecule is Cc1ccc(S(=O)(=O)Nc2ccc(C(CN3CCN(C)CC3)=NO)cc2)cc1. The lowest BCUT2D eigenvalue weighted by Crippen LogP contribution is -2.46. The summed E-state index contributed by atoms with van der Waals surface area (Å²) < 4.78 is 27.6. The molecule has 28 heavy (non-hydrogen) atoms. The lowest BCUT2D eigenvalue weighted by molar-refractivity contribution is 0.169. The molecule has 0 aliphatic carbocycles. The van der Waals surface area contributed by atoms with Crippen LogP contribution in [0.15, 0.2) is 58.6 Å². The zero-order chi connectivity index (χ0) is 20.1. The van der Waals surface area contributed by atoms with Crippen LogP contribution < -0.4 is 4.72 Å². The van der Waals surface area contributed by atoms with E-state index in [1.807, 2.05) is 6.92 Å². The summed E-state index contributed by atoms with van der Waals surface area (Å²) in [4.78, 5) is 4.72. The van der Waals surface area contributed by atoms with Crippen LogP contribution in [-0.4, -0.2) is 68.9 Å². The van der Waals surface area contributed by atoms with E-state index in [0.29, 0.717) is 17.9 Å². The predicted molar refractivity (Wildman–Crippen MR) is 111 cm³/mol. The van der Waals surface area contributed by atoms with Gasteiger partial charge in [0.2, 0.25) is 0 Å². The van der Waals surface area contributed by atoms with Crippen LogP contribution in [0.3, 0.4) is 0 Å². The summed E-state index contributed by atoms with van der Waals surface area (Å²) in [6.07, 6.45) is 0. The van der Waals surface area contributed by atoms with Gasteiger partial charge in [0.1, 0.15) is 5.71 Å². The van der Waals surface area contributed by atoms with Crippen molar-refractivity contribution in [2.45, 2.75) is 11.8 Å². The molecule has 0 unspecified atom stereocenters. The number of aryl methyl sites for hydroxylation is 1. The van der Waals surface area contributed by atoms with E-state index in [2.05, 4.69) is 26.7 Å². The number of hydrogen-bond acceptors (Lipinski definition) is 6. The first-order chi connectivity index (χ1) is 13.4. The molecule has 3 rings (SSSR count). The van der Waals surface area contributed by atoms with Gasteiger partial charge < -0.3 is 10.1 Å². The smallest absolute Gasteiger partial charge is 0.261 e. The van der Waals surface area contributed by atoms with Crippen molar-refractivity contribution in [1.82, 2.24) is 9.80 Å². The monoisotopic (exact) mass is 402 g/mol. The van der Waals surface area contributed by atoms with Crippen LogP contribution in [0.5, 0.6) is 0 Å². The zero-order valence-corrected chi connectivity index (χ0v) is 17.0. The van der Waals surface area contributed by atoms with Gasteiger partial charge in [0.15, 0.2) is 0 Å². The van der Waals surface area contributed by atoms with E-state index < -0.39 is 10.0 Å². The highest BCUT2D eigenvalue weighted by atomic mass is 32.2. The second-order valence-corrected chi connectivity index (χ2v) is 8.80. The van der Waals surface area contributed by atoms with Crippen molar-refractivity contribution in [2.75, 3.05) is 44.5 Å². The molecule has 1 aliphatic rings. The molecule has 2 aromatic carbocycles. The number of piperazine rings is 1. The molecule has 0 radical (unpaired) electrons. The maximum Gasteiger partial charge on any atom is 0.261 e. The zero-order valence-electron chi connectivity index (χ0n) is 16.2. The van der Waals surface area contributed by atoms with Gasteiger partial charge in [-0.3, -0.25) is 9.62 Å². The fourth-order valence-corrected chi connectivity index (χ4v) is 4.12. The third kappa shape index (κ3) is 5.09. The van der Waals surface area contributed by atoms with Gasteiger partial charge in [0.25, 0.3) is 10.0 Å². The summed E-state index contributed by atoms with van der Waals surface area (Å²) in [6.45, 7) is 6.27. The van der Waals surface area contributed by atoms with Gasteiger partial charge >= 0.3 is 0 Å². The first kappa shape index (κ1) is 20.3. The Hall–Kier alpha value is -2.42. The van der Waals surface area contributed by atoms with E-state index in [1.54, 1.807) is 48.5 Å². The summed E-state index contributed by atoms with van der Waals surface area (Å²) in [5, 5.41) is 12.9. The first-order valence-electron chi connectivity index (χ1n) is 9.19. The van der Waals surface area contributed by atoms with Crippen molar-refractivity contribution < 1.29 is 13.6 Å². The number of nitrogens with zero attached hydrogens (tertiary/aromatic N) is 3. The maximum absolute atomic E-state index is 12.5. The minimum atomic E-state index is -3.64. The van der Waals surface area contributed by atoms with Gasteiger partial charge in [-0.15, -0.1) is 0 Å². The number of sulfonamides is 1. The topological polar surface area (TPSA) is 85.2 Å². The molecule has 0 bridgehead atoms. The second kappa shape index (κ2) is 8.72. The summed E-state index contributed by atoms with van der Waals surface area (Å²) in [7, 11) is -1.55. The van der Waals surface area contributed by atoms with Crippen molar-refractivity contribution in [1.29, 1.82) is 0 Å². The van der Waals surface area contributed by atoms with Crippen LogP contribution in [0.2, 0.25) is 0 Å². The summed E-state index contributed by atoms with van der Waals surface area (Å²) in [5.41, 5.74) is 2.79. The molecule has 1 fully saturated rings. The lowest BCUT2D eigenvalue weighted by atomic mass is 10.1. The second-order valence-electron chi connectivity index (χ2n) is 7.12. The number of likely N-dealkylation sites (N-methyl/N-ethyl adjacent to an activating group) is 1. The summed E-state index contributed by atoms with van der Waals surface area (Å²) in [5.74, 6) is 0. The standard InChI is InChI=1S/C20H26N4O3S/c1-16-3-9-19(10-4-16)28(26,27)22-18-7-5-17(6-8-18)20(21-25)15-24-13-11-23(2)12-14-24/h3-10,22,25H,11-15H2,1-2H3. The molecule has 1 heterocycles. The number of oxime groups is 1. The Labute approximate surface area is 166 Å². The van der Waals surface area contributed by atoms with Gasteiger partial charge in [0.05, 0.1) is 4.90 Å². The van der Waals surface area contributed by atoms with Crippen LogP contribution in [0.25, 0.3) is 0 Å². The molecule has 8 heteroatoms. The minimum absolute atomic E-state index is 0.217. The Morgan fingerprint density at radius 2 is 1.64 bits per heavy atom. The Bertz CT molecular complexity index is 917. The molecule has 2 aromatic rings. The average molecular weight is 403 g/mol. The van der Waals surface area contributed by atoms with Gasteiger partial charge in [-0.2, -0.15) is 0 Å². The molecule has 2 N–H and O–H groups in total. The van der Waals surface area contributed by atoms with E-state index >= 15 is 0 Å². The average Bonchev–Trinajstić information content (AvgIpc) is 2.68. The lowest BCUT2D eigenvalue weighted by Gasteiger charge is -2.32. The number of rotatable bonds is 6. The van der Waals surface area contributed by atoms with Gasteiger partial charge in [-0.25, -0.2) is 8.42 Å². The van der Waals surface area contributed by atoms with Crippen molar-refractivity contribution in [3.63, 3.8) is 0 Å². The Morgan fingerprint density at radius 1 is 1.04 bits per heavy atom. The predicted octanol–water partition coefficient (Wildman–Crippen LogP) is 2.22. The van der Waals surface area contributed by atoms with Crippen molar-refractivity contribution >= 4 is 21.4 Å². The molecule has 1 aliphatic heterocycles. The molecular weight excluding hydrogens is 376 g/mol. The van der Waals surface area contributed by atoms with Crippen molar-refractivity contribution in [3.8, 4) is 0 Å². The Balaban J connectivity index is 1.67. The molecule has 0 saturated carbocycles. The fourth-order valence-electron chi connectivity index (χ4n) is 3.06. The van der Waals surface area contributed by atoms with E-state index in [9.17, 15) is 13.6 Å². The molecule has 0 amide bonds. The summed E-state index contributed by atoms with van der Waals surface area (Å²) in [6, 6.07) is 13.6. The molecular formula is C20H26N4O3S. The maximum atomic E-state index is 12.5. The fraction of sp³-hybridized carbons (Fsp3) is 0.350. The molecule has 7 nitrogen and oxygen atoms in total. The van der Waals surface area contributed by atoms with E-state index in [-0.39, 0.29) is 4.90 Å². The van der Waals surface area contributed by atoms with Gasteiger partial charge in [-0.05, 0) is 38.2 Å². The Morgan fingerprint density at radius 3 is 2.21 bits per heavy atom. The van der Waals surface area contributed by atoms with Crippen molar-refractivity contribution in [2.24, 2.45) is 5.16 Å². The molecule has 0 atom stereocenters. The van der Waals surface area contributed by atoms with Crippen LogP contribution in [0.1, 0.15) is 11.1 Å². The highest BCUT2D eigenvalue weighted by molar-refractivity contribution is 7.92. The Kier molecular flexibility index (Phi) is 6.33. The number of anilines is 1. The van der Waals surface area contributed by atoms with Crippen LogP contribution in [0.4, 0.5) is 5.69 Å². The third-order valence-electron chi connectivity index (χ3n) is 4.89. The number of benzene rings is 2. The van der Waals surface area contributed by atoms with Crippen LogP contribution >= 0.6 is 0 Å². The van der Waals surface area contributed by atoms with E-state index in [1.165, 1.54) is 0 Å². The molecule has 0 aromatic heterocycles. The van der Waals surface area contributed by atoms with E-state index in [4.69, 9.17) is 0 Å². The van der Waals surface area contributed by atoms with Gasteiger partial charge in [0, 0.05) is 44.0 Å². The van der Waals surface area contributed by atoms with E-state index in [0.717, 1.165) is 37.3 Å². The molecule has 150 valence electrons. The van der Waals surface area contributed by atoms with Crippen LogP contribution in [0, 0.1) is 6.92 Å². The molecule has 0 spiro atoms. The summed E-state index contributed by atoms with van der Waals surface area (Å²) >= 11 is 0. The highest BCUT2D eigenvalue weighted by Gasteiger charge is 2.18. The van der Waals surface area contributed by atoms with Crippen LogP contribution in [-0.2, 0) is 10.0 Å². The normalized spacial score (nSPS) is 16.9. The van der Waals surface area contributed by atoms with Gasteiger partial charge in [-0.1, -0.05) is 35.0 Å². The largest absolute Gasteiger partial charge is 0.411 e. The third-order valence-corrected chi connectivity index (χ3v) is 6.29. The van der Waals surface area contributed by atoms with Crippen molar-refractivity contribution in [3.05, 3.63) is 59.7 Å². The number of nitrogens with one attached hydrogen (secondary N) is 1. The quantitative estimate of drug-likeness (QED) is 0.440. The minimum Gasteiger partial charge on any atom is -0.411 e. The molecule has 1 saturated heterocycles. The number of hydrogen-bond donors (Lipinski definition) is 2. The highest BCUT2D eigenvalue weighted by Crippen LogP contribution is 2.18. The first-order valence-corrected chi connectivity index (χ1v) is 10.7.